The number of hydrogen-bond donors (Lipinski definition) is 0. The molecule has 0 aliphatic rings. The number of likely N-dealkylation sites (N-methyl/N-ethyl adjacent to an activating group) is 1. The third-order valence-corrected chi connectivity index (χ3v) is 3.27. The quantitative estimate of drug-likeness (QED) is 0.795. The van der Waals surface area contributed by atoms with Crippen LogP contribution in [-0.4, -0.2) is 33.9 Å². The predicted octanol–water partition coefficient (Wildman–Crippen LogP) is 2.83. The smallest absolute Gasteiger partial charge is 0.254 e. The highest BCUT2D eigenvalue weighted by atomic mass is 35.5. The lowest BCUT2D eigenvalue weighted by Gasteiger charge is -2.21. The normalized spacial score (nSPS) is 10.3. The van der Waals surface area contributed by atoms with Gasteiger partial charge in [-0.3, -0.25) is 9.78 Å². The molecule has 0 N–H and O–H groups in total. The van der Waals surface area contributed by atoms with Gasteiger partial charge in [0.25, 0.3) is 5.91 Å². The average Bonchev–Trinajstić information content (AvgIpc) is 2.48. The number of carbonyl (C=O) groups is 1. The van der Waals surface area contributed by atoms with E-state index in [9.17, 15) is 4.79 Å². The van der Waals surface area contributed by atoms with E-state index in [0.29, 0.717) is 23.8 Å². The zero-order valence-electron chi connectivity index (χ0n) is 11.3. The second-order valence-electron chi connectivity index (χ2n) is 4.36. The maximum Gasteiger partial charge on any atom is 0.254 e. The molecule has 5 heteroatoms. The Morgan fingerprint density at radius 1 is 1.25 bits per heavy atom. The van der Waals surface area contributed by atoms with Gasteiger partial charge in [0, 0.05) is 37.2 Å². The van der Waals surface area contributed by atoms with Crippen LogP contribution in [0.25, 0.3) is 0 Å². The van der Waals surface area contributed by atoms with Crippen LogP contribution in [0.4, 0.5) is 0 Å². The van der Waals surface area contributed by atoms with Gasteiger partial charge in [0.15, 0.2) is 0 Å². The average molecular weight is 290 g/mol. The standard InChI is InChI=1S/C15H16ClN3O/c1-2-19(10-6-12-3-7-17-8-4-12)15(20)13-5-9-18-14(16)11-13/h3-5,7-9,11H,2,6,10H2,1H3. The number of carbonyl (C=O) groups excluding carboxylic acids is 1. The van der Waals surface area contributed by atoms with Crippen LogP contribution in [0.3, 0.4) is 0 Å². The van der Waals surface area contributed by atoms with Crippen LogP contribution in [0, 0.1) is 0 Å². The molecule has 0 radical (unpaired) electrons. The molecular formula is C15H16ClN3O. The zero-order chi connectivity index (χ0) is 14.4. The van der Waals surface area contributed by atoms with Crippen molar-refractivity contribution in [1.82, 2.24) is 14.9 Å². The summed E-state index contributed by atoms with van der Waals surface area (Å²) in [7, 11) is 0. The van der Waals surface area contributed by atoms with Crippen molar-refractivity contribution in [3.8, 4) is 0 Å². The number of rotatable bonds is 5. The minimum atomic E-state index is -0.0224. The maximum absolute atomic E-state index is 12.4. The lowest BCUT2D eigenvalue weighted by atomic mass is 10.1. The number of halogens is 1. The lowest BCUT2D eigenvalue weighted by Crippen LogP contribution is -2.32. The van der Waals surface area contributed by atoms with Gasteiger partial charge in [-0.2, -0.15) is 0 Å². The van der Waals surface area contributed by atoms with Crippen molar-refractivity contribution in [1.29, 1.82) is 0 Å². The molecule has 0 bridgehead atoms. The summed E-state index contributed by atoms with van der Waals surface area (Å²) in [4.78, 5) is 22.0. The van der Waals surface area contributed by atoms with Gasteiger partial charge in [-0.1, -0.05) is 11.6 Å². The molecule has 4 nitrogen and oxygen atoms in total. The molecule has 2 aromatic heterocycles. The summed E-state index contributed by atoms with van der Waals surface area (Å²) < 4.78 is 0. The fourth-order valence-corrected chi connectivity index (χ4v) is 2.11. The predicted molar refractivity (Wildman–Crippen MR) is 78.8 cm³/mol. The molecular weight excluding hydrogens is 274 g/mol. The van der Waals surface area contributed by atoms with Gasteiger partial charge in [-0.15, -0.1) is 0 Å². The first-order chi connectivity index (χ1) is 9.70. The fourth-order valence-electron chi connectivity index (χ4n) is 1.93. The molecule has 0 aliphatic carbocycles. The van der Waals surface area contributed by atoms with Crippen molar-refractivity contribution in [2.45, 2.75) is 13.3 Å². The van der Waals surface area contributed by atoms with Gasteiger partial charge in [0.1, 0.15) is 5.15 Å². The topological polar surface area (TPSA) is 46.1 Å². The van der Waals surface area contributed by atoms with Crippen molar-refractivity contribution >= 4 is 17.5 Å². The Hall–Kier alpha value is -1.94. The summed E-state index contributed by atoms with van der Waals surface area (Å²) in [5.41, 5.74) is 1.74. The highest BCUT2D eigenvalue weighted by Gasteiger charge is 2.14. The molecule has 0 aliphatic heterocycles. The van der Waals surface area contributed by atoms with Crippen LogP contribution in [-0.2, 0) is 6.42 Å². The maximum atomic E-state index is 12.4. The Morgan fingerprint density at radius 3 is 2.65 bits per heavy atom. The summed E-state index contributed by atoms with van der Waals surface area (Å²) in [6.07, 6.45) is 5.87. The third kappa shape index (κ3) is 3.78. The zero-order valence-corrected chi connectivity index (χ0v) is 12.0. The Balaban J connectivity index is 2.03. The first-order valence-corrected chi connectivity index (χ1v) is 6.88. The molecule has 2 rings (SSSR count). The van der Waals surface area contributed by atoms with Crippen molar-refractivity contribution in [3.63, 3.8) is 0 Å². The molecule has 2 aromatic rings. The SMILES string of the molecule is CCN(CCc1ccncc1)C(=O)c1ccnc(Cl)c1. The molecule has 20 heavy (non-hydrogen) atoms. The van der Waals surface area contributed by atoms with Crippen molar-refractivity contribution in [2.75, 3.05) is 13.1 Å². The molecule has 0 aromatic carbocycles. The minimum Gasteiger partial charge on any atom is -0.339 e. The fraction of sp³-hybridized carbons (Fsp3) is 0.267. The van der Waals surface area contributed by atoms with Crippen LogP contribution in [0.5, 0.6) is 0 Å². The van der Waals surface area contributed by atoms with Gasteiger partial charge >= 0.3 is 0 Å². The number of amides is 1. The molecule has 2 heterocycles. The molecule has 0 fully saturated rings. The molecule has 0 spiro atoms. The molecule has 1 amide bonds. The van der Waals surface area contributed by atoms with E-state index in [1.54, 1.807) is 35.6 Å². The van der Waals surface area contributed by atoms with Crippen LogP contribution in [0.1, 0.15) is 22.8 Å². The van der Waals surface area contributed by atoms with Gasteiger partial charge in [-0.25, -0.2) is 4.98 Å². The van der Waals surface area contributed by atoms with E-state index in [2.05, 4.69) is 9.97 Å². The molecule has 0 saturated heterocycles. The van der Waals surface area contributed by atoms with Gasteiger partial charge in [0.2, 0.25) is 0 Å². The van der Waals surface area contributed by atoms with E-state index >= 15 is 0 Å². The molecule has 0 unspecified atom stereocenters. The van der Waals surface area contributed by atoms with E-state index in [1.165, 1.54) is 5.56 Å². The van der Waals surface area contributed by atoms with Crippen molar-refractivity contribution < 1.29 is 4.79 Å². The van der Waals surface area contributed by atoms with E-state index < -0.39 is 0 Å². The van der Waals surface area contributed by atoms with Gasteiger partial charge in [0.05, 0.1) is 0 Å². The lowest BCUT2D eigenvalue weighted by molar-refractivity contribution is 0.0766. The third-order valence-electron chi connectivity index (χ3n) is 3.06. The molecule has 0 atom stereocenters. The number of nitrogens with zero attached hydrogens (tertiary/aromatic N) is 3. The van der Waals surface area contributed by atoms with Crippen LogP contribution < -0.4 is 0 Å². The summed E-state index contributed by atoms with van der Waals surface area (Å²) in [6.45, 7) is 3.29. The Kier molecular flexibility index (Phi) is 5.07. The first kappa shape index (κ1) is 14.5. The van der Waals surface area contributed by atoms with Crippen molar-refractivity contribution in [3.05, 3.63) is 59.1 Å². The highest BCUT2D eigenvalue weighted by molar-refractivity contribution is 6.29. The van der Waals surface area contributed by atoms with E-state index in [1.807, 2.05) is 19.1 Å². The number of aromatic nitrogens is 2. The Bertz CT molecular complexity index is 574. The summed E-state index contributed by atoms with van der Waals surface area (Å²) in [6, 6.07) is 7.20. The van der Waals surface area contributed by atoms with Crippen LogP contribution >= 0.6 is 11.6 Å². The van der Waals surface area contributed by atoms with Crippen molar-refractivity contribution in [2.24, 2.45) is 0 Å². The highest BCUT2D eigenvalue weighted by Crippen LogP contribution is 2.10. The van der Waals surface area contributed by atoms with Crippen LogP contribution in [0.15, 0.2) is 42.9 Å². The minimum absolute atomic E-state index is 0.0224. The Labute approximate surface area is 123 Å². The largest absolute Gasteiger partial charge is 0.339 e. The second-order valence-corrected chi connectivity index (χ2v) is 4.74. The molecule has 104 valence electrons. The number of pyridine rings is 2. The number of hydrogen-bond acceptors (Lipinski definition) is 3. The second kappa shape index (κ2) is 7.01. The van der Waals surface area contributed by atoms with Crippen LogP contribution in [0.2, 0.25) is 5.15 Å². The monoisotopic (exact) mass is 289 g/mol. The molecule has 0 saturated carbocycles. The van der Waals surface area contributed by atoms with E-state index in [0.717, 1.165) is 6.42 Å². The van der Waals surface area contributed by atoms with E-state index in [-0.39, 0.29) is 5.91 Å². The first-order valence-electron chi connectivity index (χ1n) is 6.50. The summed E-state index contributed by atoms with van der Waals surface area (Å²) >= 11 is 5.82. The summed E-state index contributed by atoms with van der Waals surface area (Å²) in [5.74, 6) is -0.0224. The van der Waals surface area contributed by atoms with E-state index in [4.69, 9.17) is 11.6 Å². The van der Waals surface area contributed by atoms with Gasteiger partial charge < -0.3 is 4.90 Å². The Morgan fingerprint density at radius 2 is 2.00 bits per heavy atom. The summed E-state index contributed by atoms with van der Waals surface area (Å²) in [5, 5.41) is 0.334. The van der Waals surface area contributed by atoms with Gasteiger partial charge in [-0.05, 0) is 43.2 Å².